The van der Waals surface area contributed by atoms with Gasteiger partial charge in [-0.1, -0.05) is 24.3 Å². The van der Waals surface area contributed by atoms with Crippen LogP contribution in [0, 0.1) is 12.7 Å². The molecular formula is C16H17FN2OS. The number of carbonyl (C=O) groups excluding carboxylic acids is 1. The smallest absolute Gasteiger partial charge is 0.269 e. The van der Waals surface area contributed by atoms with Gasteiger partial charge in [-0.25, -0.2) is 9.37 Å². The SMILES string of the molecule is Cc1cccc(C(=O)NCCSCc2ccccc2F)n1. The molecule has 0 saturated heterocycles. The second-order valence-corrected chi connectivity index (χ2v) is 5.67. The van der Waals surface area contributed by atoms with Gasteiger partial charge in [-0.2, -0.15) is 11.8 Å². The third-order valence-corrected chi connectivity index (χ3v) is 3.88. The number of thioether (sulfide) groups is 1. The zero-order valence-electron chi connectivity index (χ0n) is 11.8. The number of halogens is 1. The first-order valence-electron chi connectivity index (χ1n) is 6.70. The number of amides is 1. The van der Waals surface area contributed by atoms with E-state index in [4.69, 9.17) is 0 Å². The van der Waals surface area contributed by atoms with Gasteiger partial charge in [-0.05, 0) is 30.7 Å². The van der Waals surface area contributed by atoms with E-state index in [0.717, 1.165) is 11.4 Å². The van der Waals surface area contributed by atoms with E-state index in [1.807, 2.05) is 25.1 Å². The topological polar surface area (TPSA) is 42.0 Å². The molecule has 0 bridgehead atoms. The third-order valence-electron chi connectivity index (χ3n) is 2.87. The molecule has 5 heteroatoms. The van der Waals surface area contributed by atoms with Crippen LogP contribution in [-0.2, 0) is 5.75 Å². The van der Waals surface area contributed by atoms with E-state index < -0.39 is 0 Å². The Morgan fingerprint density at radius 3 is 2.81 bits per heavy atom. The highest BCUT2D eigenvalue weighted by Gasteiger charge is 2.06. The van der Waals surface area contributed by atoms with Gasteiger partial charge in [0.1, 0.15) is 11.5 Å². The van der Waals surface area contributed by atoms with Crippen molar-refractivity contribution in [2.45, 2.75) is 12.7 Å². The summed E-state index contributed by atoms with van der Waals surface area (Å²) >= 11 is 1.59. The Morgan fingerprint density at radius 2 is 2.05 bits per heavy atom. The number of carbonyl (C=O) groups is 1. The maximum absolute atomic E-state index is 13.4. The Hall–Kier alpha value is -1.88. The van der Waals surface area contributed by atoms with Crippen molar-refractivity contribution in [1.82, 2.24) is 10.3 Å². The van der Waals surface area contributed by atoms with Crippen molar-refractivity contribution in [1.29, 1.82) is 0 Å². The minimum atomic E-state index is -0.182. The number of pyridine rings is 1. The van der Waals surface area contributed by atoms with E-state index in [1.165, 1.54) is 6.07 Å². The Bertz CT molecular complexity index is 619. The fourth-order valence-electron chi connectivity index (χ4n) is 1.79. The van der Waals surface area contributed by atoms with Crippen LogP contribution in [0.15, 0.2) is 42.5 Å². The van der Waals surface area contributed by atoms with Crippen LogP contribution in [0.5, 0.6) is 0 Å². The summed E-state index contributed by atoms with van der Waals surface area (Å²) in [5.74, 6) is 0.972. The summed E-state index contributed by atoms with van der Waals surface area (Å²) in [6.07, 6.45) is 0. The number of benzene rings is 1. The lowest BCUT2D eigenvalue weighted by molar-refractivity contribution is 0.0951. The molecule has 0 unspecified atom stereocenters. The predicted octanol–water partition coefficient (Wildman–Crippen LogP) is 3.19. The van der Waals surface area contributed by atoms with Crippen molar-refractivity contribution in [3.63, 3.8) is 0 Å². The Balaban J connectivity index is 1.70. The Labute approximate surface area is 128 Å². The second kappa shape index (κ2) is 7.78. The average molecular weight is 304 g/mol. The number of rotatable bonds is 6. The van der Waals surface area contributed by atoms with Crippen LogP contribution < -0.4 is 5.32 Å². The molecule has 0 fully saturated rings. The summed E-state index contributed by atoms with van der Waals surface area (Å²) in [4.78, 5) is 16.0. The quantitative estimate of drug-likeness (QED) is 0.833. The van der Waals surface area contributed by atoms with Gasteiger partial charge in [-0.15, -0.1) is 0 Å². The van der Waals surface area contributed by atoms with Crippen LogP contribution in [-0.4, -0.2) is 23.2 Å². The van der Waals surface area contributed by atoms with Crippen molar-refractivity contribution in [3.8, 4) is 0 Å². The van der Waals surface area contributed by atoms with E-state index >= 15 is 0 Å². The van der Waals surface area contributed by atoms with Crippen molar-refractivity contribution in [3.05, 3.63) is 65.2 Å². The number of hydrogen-bond donors (Lipinski definition) is 1. The van der Waals surface area contributed by atoms with E-state index in [2.05, 4.69) is 10.3 Å². The van der Waals surface area contributed by atoms with Crippen molar-refractivity contribution in [2.75, 3.05) is 12.3 Å². The fourth-order valence-corrected chi connectivity index (χ4v) is 2.64. The van der Waals surface area contributed by atoms with Gasteiger partial charge >= 0.3 is 0 Å². The molecule has 0 aliphatic rings. The largest absolute Gasteiger partial charge is 0.350 e. The Morgan fingerprint density at radius 1 is 1.24 bits per heavy atom. The summed E-state index contributed by atoms with van der Waals surface area (Å²) in [6, 6.07) is 12.1. The lowest BCUT2D eigenvalue weighted by atomic mass is 10.2. The maximum Gasteiger partial charge on any atom is 0.269 e. The number of aromatic nitrogens is 1. The van der Waals surface area contributed by atoms with Crippen molar-refractivity contribution < 1.29 is 9.18 Å². The van der Waals surface area contributed by atoms with Crippen molar-refractivity contribution >= 4 is 17.7 Å². The molecule has 3 nitrogen and oxygen atoms in total. The minimum Gasteiger partial charge on any atom is -0.350 e. The maximum atomic E-state index is 13.4. The van der Waals surface area contributed by atoms with Crippen LogP contribution in [0.2, 0.25) is 0 Å². The minimum absolute atomic E-state index is 0.176. The summed E-state index contributed by atoms with van der Waals surface area (Å²) in [6.45, 7) is 2.38. The highest BCUT2D eigenvalue weighted by molar-refractivity contribution is 7.98. The highest BCUT2D eigenvalue weighted by Crippen LogP contribution is 2.14. The normalized spacial score (nSPS) is 10.4. The van der Waals surface area contributed by atoms with Crippen LogP contribution in [0.25, 0.3) is 0 Å². The Kier molecular flexibility index (Phi) is 5.75. The summed E-state index contributed by atoms with van der Waals surface area (Å²) in [5, 5.41) is 2.81. The molecule has 1 aromatic heterocycles. The van der Waals surface area contributed by atoms with E-state index in [1.54, 1.807) is 30.0 Å². The molecular weight excluding hydrogens is 287 g/mol. The second-order valence-electron chi connectivity index (χ2n) is 4.56. The van der Waals surface area contributed by atoms with E-state index in [9.17, 15) is 9.18 Å². The molecule has 0 atom stereocenters. The van der Waals surface area contributed by atoms with Crippen molar-refractivity contribution in [2.24, 2.45) is 0 Å². The first-order chi connectivity index (χ1) is 10.2. The molecule has 0 spiro atoms. The number of aryl methyl sites for hydroxylation is 1. The molecule has 0 aliphatic heterocycles. The molecule has 1 amide bonds. The summed E-state index contributed by atoms with van der Waals surface area (Å²) < 4.78 is 13.4. The molecule has 0 aliphatic carbocycles. The molecule has 1 heterocycles. The van der Waals surface area contributed by atoms with Crippen LogP contribution >= 0.6 is 11.8 Å². The first-order valence-corrected chi connectivity index (χ1v) is 7.85. The van der Waals surface area contributed by atoms with Crippen LogP contribution in [0.4, 0.5) is 4.39 Å². The van der Waals surface area contributed by atoms with Gasteiger partial charge in [0.15, 0.2) is 0 Å². The molecule has 1 aromatic carbocycles. The lowest BCUT2D eigenvalue weighted by Gasteiger charge is -2.06. The van der Waals surface area contributed by atoms with Gasteiger partial charge in [-0.3, -0.25) is 4.79 Å². The standard InChI is InChI=1S/C16H17FN2OS/c1-12-5-4-8-15(19-12)16(20)18-9-10-21-11-13-6-2-3-7-14(13)17/h2-8H,9-11H2,1H3,(H,18,20). The molecule has 21 heavy (non-hydrogen) atoms. The zero-order valence-corrected chi connectivity index (χ0v) is 12.6. The van der Waals surface area contributed by atoms with Gasteiger partial charge in [0, 0.05) is 23.7 Å². The number of nitrogens with zero attached hydrogens (tertiary/aromatic N) is 1. The molecule has 2 aromatic rings. The molecule has 110 valence electrons. The summed E-state index contributed by atoms with van der Waals surface area (Å²) in [7, 11) is 0. The number of nitrogens with one attached hydrogen (secondary N) is 1. The van der Waals surface area contributed by atoms with E-state index in [-0.39, 0.29) is 11.7 Å². The zero-order chi connectivity index (χ0) is 15.1. The fraction of sp³-hybridized carbons (Fsp3) is 0.250. The third kappa shape index (κ3) is 4.86. The van der Waals surface area contributed by atoms with Gasteiger partial charge < -0.3 is 5.32 Å². The van der Waals surface area contributed by atoms with Crippen LogP contribution in [0.1, 0.15) is 21.7 Å². The molecule has 0 saturated carbocycles. The van der Waals surface area contributed by atoms with Crippen LogP contribution in [0.3, 0.4) is 0 Å². The average Bonchev–Trinajstić information content (AvgIpc) is 2.48. The monoisotopic (exact) mass is 304 g/mol. The molecule has 0 radical (unpaired) electrons. The predicted molar refractivity (Wildman–Crippen MR) is 83.9 cm³/mol. The molecule has 1 N–H and O–H groups in total. The number of hydrogen-bond acceptors (Lipinski definition) is 3. The first kappa shape index (κ1) is 15.5. The lowest BCUT2D eigenvalue weighted by Crippen LogP contribution is -2.26. The van der Waals surface area contributed by atoms with Gasteiger partial charge in [0.2, 0.25) is 0 Å². The highest BCUT2D eigenvalue weighted by atomic mass is 32.2. The molecule has 2 rings (SSSR count). The summed E-state index contributed by atoms with van der Waals surface area (Å²) in [5.41, 5.74) is 1.93. The van der Waals surface area contributed by atoms with E-state index in [0.29, 0.717) is 23.6 Å². The van der Waals surface area contributed by atoms with Gasteiger partial charge in [0.05, 0.1) is 0 Å². The van der Waals surface area contributed by atoms with Gasteiger partial charge in [0.25, 0.3) is 5.91 Å².